The molecule has 7 nitrogen and oxygen atoms in total. The second-order valence-corrected chi connectivity index (χ2v) is 7.90. The molecule has 150 valence electrons. The topological polar surface area (TPSA) is 90.5 Å². The van der Waals surface area contributed by atoms with Crippen molar-refractivity contribution in [2.24, 2.45) is 0 Å². The fraction of sp³-hybridized carbons (Fsp3) is 0.333. The number of fused-ring (bicyclic) bond motifs is 2. The number of H-pyrrole nitrogens is 1. The van der Waals surface area contributed by atoms with E-state index in [1.165, 1.54) is 0 Å². The van der Waals surface area contributed by atoms with E-state index in [9.17, 15) is 9.90 Å². The lowest BCUT2D eigenvalue weighted by molar-refractivity contribution is -0.139. The Balaban J connectivity index is 1.47. The first kappa shape index (κ1) is 18.4. The number of aromatic nitrogens is 2. The summed E-state index contributed by atoms with van der Waals surface area (Å²) in [5.41, 5.74) is 3.55. The molecule has 3 N–H and O–H groups in total. The van der Waals surface area contributed by atoms with Crippen LogP contribution >= 0.6 is 11.6 Å². The first-order chi connectivity index (χ1) is 14.1. The van der Waals surface area contributed by atoms with Gasteiger partial charge >= 0.3 is 0 Å². The Morgan fingerprint density at radius 3 is 3.10 bits per heavy atom. The Kier molecular flexibility index (Phi) is 4.66. The van der Waals surface area contributed by atoms with Crippen LogP contribution in [0, 0.1) is 0 Å². The maximum atomic E-state index is 13.1. The maximum Gasteiger partial charge on any atom is 0.264 e. The fourth-order valence-electron chi connectivity index (χ4n) is 4.21. The molecule has 2 aliphatic heterocycles. The van der Waals surface area contributed by atoms with Crippen molar-refractivity contribution in [3.63, 3.8) is 0 Å². The predicted molar refractivity (Wildman–Crippen MR) is 110 cm³/mol. The van der Waals surface area contributed by atoms with Gasteiger partial charge in [0.2, 0.25) is 0 Å². The average Bonchev–Trinajstić information content (AvgIpc) is 3.39. The Hall–Kier alpha value is -2.61. The van der Waals surface area contributed by atoms with Gasteiger partial charge in [-0.25, -0.2) is 4.98 Å². The highest BCUT2D eigenvalue weighted by molar-refractivity contribution is 6.31. The van der Waals surface area contributed by atoms with Crippen molar-refractivity contribution in [1.29, 1.82) is 0 Å². The van der Waals surface area contributed by atoms with Crippen LogP contribution in [0.1, 0.15) is 5.56 Å². The summed E-state index contributed by atoms with van der Waals surface area (Å²) in [5, 5.41) is 14.2. The number of hydrogen-bond acceptors (Lipinski definition) is 5. The number of piperazine rings is 1. The lowest BCUT2D eigenvalue weighted by Gasteiger charge is -2.34. The Bertz CT molecular complexity index is 1080. The van der Waals surface area contributed by atoms with Gasteiger partial charge in [-0.15, -0.1) is 0 Å². The normalized spacial score (nSPS) is 21.2. The van der Waals surface area contributed by atoms with Gasteiger partial charge in [0.15, 0.2) is 6.10 Å². The zero-order chi connectivity index (χ0) is 20.0. The van der Waals surface area contributed by atoms with Gasteiger partial charge in [0.05, 0.1) is 6.61 Å². The minimum Gasteiger partial charge on any atom is -0.479 e. The van der Waals surface area contributed by atoms with E-state index in [0.717, 1.165) is 27.7 Å². The highest BCUT2D eigenvalue weighted by atomic mass is 35.5. The molecule has 3 aromatic rings. The lowest BCUT2D eigenvalue weighted by atomic mass is 9.99. The van der Waals surface area contributed by atoms with E-state index < -0.39 is 6.10 Å². The number of hydrogen-bond donors (Lipinski definition) is 3. The molecule has 2 aromatic heterocycles. The molecular formula is C21H21ClN4O3. The number of pyridine rings is 1. The zero-order valence-corrected chi connectivity index (χ0v) is 16.4. The number of aliphatic hydroxyl groups is 1. The van der Waals surface area contributed by atoms with E-state index in [0.29, 0.717) is 36.8 Å². The summed E-state index contributed by atoms with van der Waals surface area (Å²) < 4.78 is 6.19. The summed E-state index contributed by atoms with van der Waals surface area (Å²) in [6.45, 7) is 1.75. The van der Waals surface area contributed by atoms with E-state index in [2.05, 4.69) is 15.3 Å². The molecule has 8 heteroatoms. The first-order valence-corrected chi connectivity index (χ1v) is 10.1. The quantitative estimate of drug-likeness (QED) is 0.612. The van der Waals surface area contributed by atoms with Crippen molar-refractivity contribution in [2.45, 2.75) is 18.6 Å². The van der Waals surface area contributed by atoms with Gasteiger partial charge in [0.25, 0.3) is 5.91 Å². The van der Waals surface area contributed by atoms with Crippen molar-refractivity contribution in [1.82, 2.24) is 20.2 Å². The smallest absolute Gasteiger partial charge is 0.264 e. The van der Waals surface area contributed by atoms with Crippen LogP contribution in [0.5, 0.6) is 5.75 Å². The van der Waals surface area contributed by atoms with Gasteiger partial charge in [0.1, 0.15) is 11.4 Å². The Morgan fingerprint density at radius 1 is 1.34 bits per heavy atom. The Labute approximate surface area is 172 Å². The number of ether oxygens (including phenoxy) is 1. The Morgan fingerprint density at radius 2 is 2.24 bits per heavy atom. The predicted octanol–water partition coefficient (Wildman–Crippen LogP) is 1.98. The number of nitrogens with one attached hydrogen (secondary N) is 2. The molecule has 2 aliphatic rings. The number of halogens is 1. The van der Waals surface area contributed by atoms with Crippen molar-refractivity contribution in [3.8, 4) is 16.9 Å². The van der Waals surface area contributed by atoms with E-state index in [1.54, 1.807) is 11.1 Å². The minimum atomic E-state index is -0.580. The van der Waals surface area contributed by atoms with Crippen LogP contribution in [0.3, 0.4) is 0 Å². The molecule has 1 saturated heterocycles. The summed E-state index contributed by atoms with van der Waals surface area (Å²) in [4.78, 5) is 22.3. The third-order valence-corrected chi connectivity index (χ3v) is 5.83. The average molecular weight is 413 g/mol. The summed E-state index contributed by atoms with van der Waals surface area (Å²) >= 11 is 6.41. The molecule has 1 fully saturated rings. The summed E-state index contributed by atoms with van der Waals surface area (Å²) in [7, 11) is 0. The molecule has 0 saturated carbocycles. The standard InChI is InChI=1S/C21H21ClN4O3/c22-13-7-12-8-18(21(28)26-6-5-23-14(10-26)11-27)29-19(12)17(9-13)15-1-3-24-20-16(15)2-4-25-20/h1-4,7,9,14,18,23,27H,5-6,8,10-11H2,(H,24,25)/t14-,18+/m0/s1. The van der Waals surface area contributed by atoms with Crippen LogP contribution in [0.4, 0.5) is 0 Å². The van der Waals surface area contributed by atoms with E-state index in [1.807, 2.05) is 30.5 Å². The van der Waals surface area contributed by atoms with Crippen molar-refractivity contribution >= 4 is 28.5 Å². The molecule has 2 atom stereocenters. The van der Waals surface area contributed by atoms with Crippen LogP contribution in [0.2, 0.25) is 5.02 Å². The monoisotopic (exact) mass is 412 g/mol. The summed E-state index contributed by atoms with van der Waals surface area (Å²) in [6.07, 6.45) is 3.50. The molecule has 5 rings (SSSR count). The highest BCUT2D eigenvalue weighted by Crippen LogP contribution is 2.43. The third-order valence-electron chi connectivity index (χ3n) is 5.61. The molecule has 4 heterocycles. The molecule has 0 bridgehead atoms. The van der Waals surface area contributed by atoms with Crippen molar-refractivity contribution < 1.29 is 14.6 Å². The van der Waals surface area contributed by atoms with Gasteiger partial charge < -0.3 is 25.0 Å². The number of carbonyl (C=O) groups is 1. The molecule has 0 radical (unpaired) electrons. The van der Waals surface area contributed by atoms with Crippen molar-refractivity contribution in [2.75, 3.05) is 26.2 Å². The van der Waals surface area contributed by atoms with Crippen LogP contribution < -0.4 is 10.1 Å². The van der Waals surface area contributed by atoms with Gasteiger partial charge in [-0.05, 0) is 29.8 Å². The lowest BCUT2D eigenvalue weighted by Crippen LogP contribution is -2.56. The number of amides is 1. The number of aromatic amines is 1. The van der Waals surface area contributed by atoms with Gasteiger partial charge in [-0.1, -0.05) is 11.6 Å². The molecule has 0 aliphatic carbocycles. The fourth-order valence-corrected chi connectivity index (χ4v) is 4.45. The second-order valence-electron chi connectivity index (χ2n) is 7.47. The number of aliphatic hydroxyl groups excluding tert-OH is 1. The third kappa shape index (κ3) is 3.25. The minimum absolute atomic E-state index is 0.00396. The maximum absolute atomic E-state index is 13.1. The van der Waals surface area contributed by atoms with Crippen LogP contribution in [0.15, 0.2) is 36.7 Å². The molecule has 1 amide bonds. The molecule has 29 heavy (non-hydrogen) atoms. The summed E-state index contributed by atoms with van der Waals surface area (Å²) in [5.74, 6) is 0.653. The van der Waals surface area contributed by atoms with E-state index in [4.69, 9.17) is 16.3 Å². The zero-order valence-electron chi connectivity index (χ0n) is 15.7. The van der Waals surface area contributed by atoms with Crippen molar-refractivity contribution in [3.05, 3.63) is 47.2 Å². The van der Waals surface area contributed by atoms with Crippen LogP contribution in [-0.4, -0.2) is 64.3 Å². The number of carbonyl (C=O) groups excluding carboxylic acids is 1. The molecule has 0 spiro atoms. The molecule has 0 unspecified atom stereocenters. The van der Waals surface area contributed by atoms with Gasteiger partial charge in [-0.2, -0.15) is 0 Å². The first-order valence-electron chi connectivity index (χ1n) is 9.68. The second kappa shape index (κ2) is 7.33. The highest BCUT2D eigenvalue weighted by Gasteiger charge is 2.36. The summed E-state index contributed by atoms with van der Waals surface area (Å²) in [6, 6.07) is 7.56. The largest absolute Gasteiger partial charge is 0.479 e. The number of nitrogens with zero attached hydrogens (tertiary/aromatic N) is 2. The van der Waals surface area contributed by atoms with Crippen LogP contribution in [0.25, 0.3) is 22.2 Å². The molecular weight excluding hydrogens is 392 g/mol. The van der Waals surface area contributed by atoms with Crippen LogP contribution in [-0.2, 0) is 11.2 Å². The van der Waals surface area contributed by atoms with E-state index in [-0.39, 0.29) is 18.6 Å². The molecule has 1 aromatic carbocycles. The number of benzene rings is 1. The van der Waals surface area contributed by atoms with E-state index >= 15 is 0 Å². The number of rotatable bonds is 3. The van der Waals surface area contributed by atoms with Gasteiger partial charge in [-0.3, -0.25) is 4.79 Å². The SMILES string of the molecule is O=C([C@H]1Cc2cc(Cl)cc(-c3ccnc4[nH]ccc34)c2O1)N1CCN[C@H](CO)C1. The van der Waals surface area contributed by atoms with Gasteiger partial charge in [0, 0.05) is 66.0 Å².